The molecule has 20 heavy (non-hydrogen) atoms. The van der Waals surface area contributed by atoms with E-state index >= 15 is 0 Å². The van der Waals surface area contributed by atoms with E-state index in [0.717, 1.165) is 20.5 Å². The van der Waals surface area contributed by atoms with Crippen molar-refractivity contribution in [2.75, 3.05) is 5.32 Å². The van der Waals surface area contributed by atoms with Crippen LogP contribution in [0.4, 0.5) is 11.6 Å². The van der Waals surface area contributed by atoms with Crippen LogP contribution in [0.25, 0.3) is 0 Å². The van der Waals surface area contributed by atoms with Crippen LogP contribution in [-0.4, -0.2) is 15.2 Å². The summed E-state index contributed by atoms with van der Waals surface area (Å²) in [6, 6.07) is 9.89. The van der Waals surface area contributed by atoms with E-state index in [1.165, 1.54) is 11.8 Å². The Bertz CT molecular complexity index is 722. The summed E-state index contributed by atoms with van der Waals surface area (Å²) in [6.45, 7) is 2.04. The number of benzene rings is 1. The standard InChI is InChI=1S/C13H11ClN4S2/c1-8-4-2-3-5-10(8)15-12-16-13(18-17-12)20-11-9(14)6-7-19-11/h2-7H,1H3,(H2,15,16,17,18). The van der Waals surface area contributed by atoms with E-state index in [9.17, 15) is 0 Å². The van der Waals surface area contributed by atoms with Gasteiger partial charge in [-0.15, -0.1) is 16.4 Å². The van der Waals surface area contributed by atoms with E-state index in [1.807, 2.05) is 42.6 Å². The third-order valence-corrected chi connectivity index (χ3v) is 5.19. The molecule has 2 aromatic heterocycles. The summed E-state index contributed by atoms with van der Waals surface area (Å²) in [5.74, 6) is 0.620. The van der Waals surface area contributed by atoms with Gasteiger partial charge in [0, 0.05) is 5.69 Å². The molecule has 0 fully saturated rings. The summed E-state index contributed by atoms with van der Waals surface area (Å²) < 4.78 is 0.994. The lowest BCUT2D eigenvalue weighted by atomic mass is 10.2. The molecule has 7 heteroatoms. The number of para-hydroxylation sites is 1. The van der Waals surface area contributed by atoms with E-state index in [1.54, 1.807) is 11.3 Å². The minimum atomic E-state index is 0.620. The molecular weight excluding hydrogens is 312 g/mol. The maximum Gasteiger partial charge on any atom is 0.224 e. The van der Waals surface area contributed by atoms with Crippen LogP contribution in [0.5, 0.6) is 0 Å². The normalized spacial score (nSPS) is 10.7. The van der Waals surface area contributed by atoms with Gasteiger partial charge in [-0.3, -0.25) is 0 Å². The van der Waals surface area contributed by atoms with Gasteiger partial charge in [0.1, 0.15) is 0 Å². The van der Waals surface area contributed by atoms with E-state index < -0.39 is 0 Å². The molecule has 4 nitrogen and oxygen atoms in total. The van der Waals surface area contributed by atoms with Gasteiger partial charge >= 0.3 is 0 Å². The molecule has 0 unspecified atom stereocenters. The van der Waals surface area contributed by atoms with Crippen molar-refractivity contribution in [3.8, 4) is 0 Å². The Hall–Kier alpha value is -1.50. The van der Waals surface area contributed by atoms with Crippen LogP contribution in [0.15, 0.2) is 45.1 Å². The van der Waals surface area contributed by atoms with E-state index in [0.29, 0.717) is 11.1 Å². The Morgan fingerprint density at radius 3 is 2.90 bits per heavy atom. The van der Waals surface area contributed by atoms with Crippen molar-refractivity contribution >= 4 is 46.3 Å². The molecule has 0 spiro atoms. The number of nitrogens with zero attached hydrogens (tertiary/aromatic N) is 2. The largest absolute Gasteiger partial charge is 0.324 e. The summed E-state index contributed by atoms with van der Waals surface area (Å²) in [5, 5.41) is 13.6. The van der Waals surface area contributed by atoms with Crippen molar-refractivity contribution in [2.24, 2.45) is 0 Å². The lowest BCUT2D eigenvalue weighted by molar-refractivity contribution is 0.975. The highest BCUT2D eigenvalue weighted by atomic mass is 35.5. The molecule has 0 saturated heterocycles. The number of aryl methyl sites for hydroxylation is 1. The molecule has 0 aliphatic carbocycles. The molecule has 1 aromatic carbocycles. The minimum Gasteiger partial charge on any atom is -0.324 e. The highest BCUT2D eigenvalue weighted by Gasteiger charge is 2.09. The lowest BCUT2D eigenvalue weighted by Crippen LogP contribution is -1.94. The van der Waals surface area contributed by atoms with Crippen LogP contribution in [0.2, 0.25) is 5.02 Å². The van der Waals surface area contributed by atoms with Gasteiger partial charge in [-0.2, -0.15) is 4.98 Å². The molecule has 0 saturated carbocycles. The monoisotopic (exact) mass is 322 g/mol. The molecule has 0 atom stereocenters. The van der Waals surface area contributed by atoms with Gasteiger partial charge in [-0.25, -0.2) is 5.10 Å². The predicted molar refractivity (Wildman–Crippen MR) is 84.3 cm³/mol. The van der Waals surface area contributed by atoms with Gasteiger partial charge in [0.05, 0.1) is 9.23 Å². The lowest BCUT2D eigenvalue weighted by Gasteiger charge is -2.04. The second-order valence-corrected chi connectivity index (χ2v) is 6.62. The topological polar surface area (TPSA) is 53.6 Å². The second-order valence-electron chi connectivity index (χ2n) is 4.06. The third kappa shape index (κ3) is 2.98. The molecule has 3 rings (SSSR count). The van der Waals surface area contributed by atoms with Gasteiger partial charge in [-0.1, -0.05) is 29.8 Å². The van der Waals surface area contributed by atoms with Gasteiger partial charge in [0.25, 0.3) is 0 Å². The Balaban J connectivity index is 1.74. The van der Waals surface area contributed by atoms with Crippen molar-refractivity contribution < 1.29 is 0 Å². The number of rotatable bonds is 4. The molecule has 2 heterocycles. The number of H-pyrrole nitrogens is 1. The zero-order chi connectivity index (χ0) is 13.9. The van der Waals surface area contributed by atoms with Crippen molar-refractivity contribution in [1.82, 2.24) is 15.2 Å². The van der Waals surface area contributed by atoms with Gasteiger partial charge in [0.15, 0.2) is 0 Å². The number of halogens is 1. The van der Waals surface area contributed by atoms with Crippen molar-refractivity contribution in [1.29, 1.82) is 0 Å². The number of hydrogen-bond donors (Lipinski definition) is 2. The summed E-state index contributed by atoms with van der Waals surface area (Å²) >= 11 is 9.08. The Morgan fingerprint density at radius 2 is 2.15 bits per heavy atom. The number of anilines is 2. The molecule has 0 aliphatic rings. The summed E-state index contributed by atoms with van der Waals surface area (Å²) in [7, 11) is 0. The predicted octanol–water partition coefficient (Wildman–Crippen LogP) is 4.72. The molecule has 0 aliphatic heterocycles. The number of hydrogen-bond acceptors (Lipinski definition) is 5. The third-order valence-electron chi connectivity index (χ3n) is 2.63. The van der Waals surface area contributed by atoms with Crippen LogP contribution >= 0.6 is 34.7 Å². The number of thiophene rings is 1. The van der Waals surface area contributed by atoms with Gasteiger partial charge in [0.2, 0.25) is 11.1 Å². The second kappa shape index (κ2) is 5.87. The van der Waals surface area contributed by atoms with E-state index in [2.05, 4.69) is 20.5 Å². The van der Waals surface area contributed by atoms with E-state index in [-0.39, 0.29) is 0 Å². The van der Waals surface area contributed by atoms with Crippen LogP contribution < -0.4 is 5.32 Å². The average molecular weight is 323 g/mol. The Kier molecular flexibility index (Phi) is 3.95. The fourth-order valence-corrected chi connectivity index (χ4v) is 3.66. The summed E-state index contributed by atoms with van der Waals surface area (Å²) in [6.07, 6.45) is 0. The number of aromatic nitrogens is 3. The molecule has 0 radical (unpaired) electrons. The van der Waals surface area contributed by atoms with Crippen molar-refractivity contribution in [2.45, 2.75) is 16.3 Å². The molecule has 3 aromatic rings. The molecule has 2 N–H and O–H groups in total. The zero-order valence-corrected chi connectivity index (χ0v) is 12.9. The molecule has 102 valence electrons. The first-order valence-electron chi connectivity index (χ1n) is 5.88. The number of aromatic amines is 1. The number of nitrogens with one attached hydrogen (secondary N) is 2. The fraction of sp³-hybridized carbons (Fsp3) is 0.0769. The maximum absolute atomic E-state index is 6.06. The van der Waals surface area contributed by atoms with Gasteiger partial charge in [-0.05, 0) is 41.8 Å². The Morgan fingerprint density at radius 1 is 1.30 bits per heavy atom. The first kappa shape index (κ1) is 13.5. The highest BCUT2D eigenvalue weighted by Crippen LogP contribution is 2.36. The SMILES string of the molecule is Cc1ccccc1Nc1nc(Sc2sccc2Cl)n[nH]1. The van der Waals surface area contributed by atoms with Crippen LogP contribution in [0.3, 0.4) is 0 Å². The smallest absolute Gasteiger partial charge is 0.224 e. The zero-order valence-electron chi connectivity index (χ0n) is 10.6. The molecule has 0 bridgehead atoms. The Labute approximate surface area is 129 Å². The van der Waals surface area contributed by atoms with Crippen LogP contribution in [0.1, 0.15) is 5.56 Å². The van der Waals surface area contributed by atoms with Crippen LogP contribution in [-0.2, 0) is 0 Å². The van der Waals surface area contributed by atoms with Crippen LogP contribution in [0, 0.1) is 6.92 Å². The molecule has 0 amide bonds. The summed E-state index contributed by atoms with van der Waals surface area (Å²) in [5.41, 5.74) is 2.16. The maximum atomic E-state index is 6.06. The van der Waals surface area contributed by atoms with E-state index in [4.69, 9.17) is 11.6 Å². The molecular formula is C13H11ClN4S2. The quantitative estimate of drug-likeness (QED) is 0.729. The first-order chi connectivity index (χ1) is 9.72. The summed E-state index contributed by atoms with van der Waals surface area (Å²) in [4.78, 5) is 4.40. The minimum absolute atomic E-state index is 0.620. The van der Waals surface area contributed by atoms with Crippen molar-refractivity contribution in [3.63, 3.8) is 0 Å². The first-order valence-corrected chi connectivity index (χ1v) is 7.95. The van der Waals surface area contributed by atoms with Gasteiger partial charge < -0.3 is 5.32 Å². The fourth-order valence-electron chi connectivity index (χ4n) is 1.62. The highest BCUT2D eigenvalue weighted by molar-refractivity contribution is 8.01. The van der Waals surface area contributed by atoms with Crippen molar-refractivity contribution in [3.05, 3.63) is 46.3 Å². The average Bonchev–Trinajstić information content (AvgIpc) is 3.03.